The Kier molecular flexibility index (Phi) is 5.08. The van der Waals surface area contributed by atoms with E-state index in [4.69, 9.17) is 0 Å². The van der Waals surface area contributed by atoms with E-state index in [-0.39, 0.29) is 17.9 Å². The SMILES string of the molecule is Cc1ccc(NC(=O)[C@@H]2c3ccccc3C(=O)N(C)[C@@H]2c2cccs2)c(Br)c1. The van der Waals surface area contributed by atoms with Crippen molar-refractivity contribution in [2.75, 3.05) is 12.4 Å². The first-order valence-corrected chi connectivity index (χ1v) is 10.6. The van der Waals surface area contributed by atoms with Crippen LogP contribution in [0.2, 0.25) is 0 Å². The van der Waals surface area contributed by atoms with Gasteiger partial charge in [-0.2, -0.15) is 0 Å². The van der Waals surface area contributed by atoms with Gasteiger partial charge in [-0.15, -0.1) is 11.3 Å². The van der Waals surface area contributed by atoms with Crippen LogP contribution in [-0.2, 0) is 4.79 Å². The standard InChI is InChI=1S/C22H19BrN2O2S/c1-13-9-10-17(16(23)12-13)24-21(26)19-14-6-3-4-7-15(14)22(27)25(2)20(19)18-8-5-11-28-18/h3-12,19-20H,1-2H3,(H,24,26)/t19-,20-/m1/s1. The number of fused-ring (bicyclic) bond motifs is 1. The van der Waals surface area contributed by atoms with E-state index in [9.17, 15) is 9.59 Å². The first-order valence-electron chi connectivity index (χ1n) is 8.94. The van der Waals surface area contributed by atoms with Gasteiger partial charge in [0.1, 0.15) is 0 Å². The Hall–Kier alpha value is -2.44. The second kappa shape index (κ2) is 7.53. The Morgan fingerprint density at radius 3 is 2.64 bits per heavy atom. The smallest absolute Gasteiger partial charge is 0.254 e. The molecule has 0 radical (unpaired) electrons. The van der Waals surface area contributed by atoms with Crippen LogP contribution < -0.4 is 5.32 Å². The number of hydrogen-bond donors (Lipinski definition) is 1. The van der Waals surface area contributed by atoms with Gasteiger partial charge in [0.05, 0.1) is 17.6 Å². The Labute approximate surface area is 176 Å². The molecule has 4 nitrogen and oxygen atoms in total. The van der Waals surface area contributed by atoms with Crippen LogP contribution in [0.3, 0.4) is 0 Å². The van der Waals surface area contributed by atoms with Crippen molar-refractivity contribution >= 4 is 44.8 Å². The summed E-state index contributed by atoms with van der Waals surface area (Å²) in [5.41, 5.74) is 3.18. The number of anilines is 1. The van der Waals surface area contributed by atoms with Gasteiger partial charge < -0.3 is 10.2 Å². The maximum Gasteiger partial charge on any atom is 0.254 e. The molecule has 1 aliphatic heterocycles. The maximum atomic E-state index is 13.5. The number of carbonyl (C=O) groups is 2. The molecule has 0 saturated carbocycles. The van der Waals surface area contributed by atoms with Crippen LogP contribution in [0.25, 0.3) is 0 Å². The van der Waals surface area contributed by atoms with Crippen LogP contribution in [0.1, 0.15) is 38.3 Å². The molecule has 142 valence electrons. The summed E-state index contributed by atoms with van der Waals surface area (Å²) in [5.74, 6) is -0.685. The minimum Gasteiger partial charge on any atom is -0.333 e. The molecule has 6 heteroatoms. The van der Waals surface area contributed by atoms with Gasteiger partial charge >= 0.3 is 0 Å². The fraction of sp³-hybridized carbons (Fsp3) is 0.182. The van der Waals surface area contributed by atoms with Crippen molar-refractivity contribution in [2.45, 2.75) is 18.9 Å². The second-order valence-corrected chi connectivity index (χ2v) is 8.75. The molecule has 2 aromatic carbocycles. The van der Waals surface area contributed by atoms with Crippen LogP contribution in [-0.4, -0.2) is 23.8 Å². The van der Waals surface area contributed by atoms with Crippen molar-refractivity contribution in [3.05, 3.63) is 86.0 Å². The predicted molar refractivity (Wildman–Crippen MR) is 116 cm³/mol. The van der Waals surface area contributed by atoms with E-state index in [0.717, 1.165) is 26.2 Å². The monoisotopic (exact) mass is 454 g/mol. The van der Waals surface area contributed by atoms with Gasteiger partial charge in [0.2, 0.25) is 5.91 Å². The van der Waals surface area contributed by atoms with Crippen molar-refractivity contribution in [2.24, 2.45) is 0 Å². The highest BCUT2D eigenvalue weighted by Gasteiger charge is 2.43. The molecular weight excluding hydrogens is 436 g/mol. The van der Waals surface area contributed by atoms with Gasteiger partial charge in [-0.25, -0.2) is 0 Å². The number of nitrogens with zero attached hydrogens (tertiary/aromatic N) is 1. The van der Waals surface area contributed by atoms with Gasteiger partial charge in [-0.1, -0.05) is 30.3 Å². The summed E-state index contributed by atoms with van der Waals surface area (Å²) >= 11 is 5.09. The molecule has 2 atom stereocenters. The fourth-order valence-electron chi connectivity index (χ4n) is 3.70. The average Bonchev–Trinajstić information content (AvgIpc) is 3.21. The summed E-state index contributed by atoms with van der Waals surface area (Å²) in [6.45, 7) is 2.00. The Bertz CT molecular complexity index is 1050. The number of amides is 2. The van der Waals surface area contributed by atoms with Crippen molar-refractivity contribution < 1.29 is 9.59 Å². The topological polar surface area (TPSA) is 49.4 Å². The zero-order chi connectivity index (χ0) is 19.8. The molecule has 0 bridgehead atoms. The Morgan fingerprint density at radius 2 is 1.93 bits per heavy atom. The summed E-state index contributed by atoms with van der Waals surface area (Å²) in [5, 5.41) is 5.03. The van der Waals surface area contributed by atoms with Gasteiger partial charge in [0.25, 0.3) is 5.91 Å². The van der Waals surface area contributed by atoms with E-state index < -0.39 is 5.92 Å². The van der Waals surface area contributed by atoms with E-state index in [1.54, 1.807) is 29.4 Å². The maximum absolute atomic E-state index is 13.5. The molecule has 0 spiro atoms. The Balaban J connectivity index is 1.79. The highest BCUT2D eigenvalue weighted by Crippen LogP contribution is 2.44. The van der Waals surface area contributed by atoms with Crippen LogP contribution >= 0.6 is 27.3 Å². The second-order valence-electron chi connectivity index (χ2n) is 6.91. The first kappa shape index (κ1) is 18.9. The number of thiophene rings is 1. The van der Waals surface area contributed by atoms with E-state index in [0.29, 0.717) is 5.56 Å². The number of benzene rings is 2. The third-order valence-electron chi connectivity index (χ3n) is 5.08. The lowest BCUT2D eigenvalue weighted by Crippen LogP contribution is -2.43. The highest BCUT2D eigenvalue weighted by molar-refractivity contribution is 9.10. The number of halogens is 1. The minimum atomic E-state index is -0.495. The van der Waals surface area contributed by atoms with Crippen molar-refractivity contribution in [1.82, 2.24) is 4.90 Å². The normalized spacial score (nSPS) is 18.7. The fourth-order valence-corrected chi connectivity index (χ4v) is 5.20. The molecule has 0 unspecified atom stereocenters. The van der Waals surface area contributed by atoms with Gasteiger partial charge in [-0.05, 0) is 63.6 Å². The van der Waals surface area contributed by atoms with Crippen molar-refractivity contribution in [1.29, 1.82) is 0 Å². The van der Waals surface area contributed by atoms with Gasteiger partial charge in [0, 0.05) is 22.0 Å². The largest absolute Gasteiger partial charge is 0.333 e. The molecule has 4 rings (SSSR count). The molecule has 1 N–H and O–H groups in total. The molecule has 0 fully saturated rings. The predicted octanol–water partition coefficient (Wildman–Crippen LogP) is 5.37. The van der Waals surface area contributed by atoms with Gasteiger partial charge in [0.15, 0.2) is 0 Å². The number of rotatable bonds is 3. The highest BCUT2D eigenvalue weighted by atomic mass is 79.9. The van der Waals surface area contributed by atoms with Gasteiger partial charge in [-0.3, -0.25) is 9.59 Å². The van der Waals surface area contributed by atoms with Crippen LogP contribution in [0.15, 0.2) is 64.5 Å². The van der Waals surface area contributed by atoms with Crippen LogP contribution in [0, 0.1) is 6.92 Å². The lowest BCUT2D eigenvalue weighted by molar-refractivity contribution is -0.119. The molecule has 28 heavy (non-hydrogen) atoms. The molecule has 2 heterocycles. The quantitative estimate of drug-likeness (QED) is 0.578. The number of nitrogens with one attached hydrogen (secondary N) is 1. The molecule has 0 aliphatic carbocycles. The zero-order valence-corrected chi connectivity index (χ0v) is 17.9. The lowest BCUT2D eigenvalue weighted by atomic mass is 9.81. The third kappa shape index (κ3) is 3.27. The van der Waals surface area contributed by atoms with E-state index >= 15 is 0 Å². The van der Waals surface area contributed by atoms with Crippen molar-refractivity contribution in [3.8, 4) is 0 Å². The number of carbonyl (C=O) groups excluding carboxylic acids is 2. The van der Waals surface area contributed by atoms with E-state index in [1.165, 1.54) is 0 Å². The summed E-state index contributed by atoms with van der Waals surface area (Å²) < 4.78 is 0.835. The third-order valence-corrected chi connectivity index (χ3v) is 6.68. The van der Waals surface area contributed by atoms with E-state index in [1.807, 2.05) is 60.8 Å². The Morgan fingerprint density at radius 1 is 1.14 bits per heavy atom. The molecule has 2 amide bonds. The first-order chi connectivity index (χ1) is 13.5. The molecule has 0 saturated heterocycles. The van der Waals surface area contributed by atoms with E-state index in [2.05, 4.69) is 21.2 Å². The average molecular weight is 455 g/mol. The summed E-state index contributed by atoms with van der Waals surface area (Å²) in [6.07, 6.45) is 0. The minimum absolute atomic E-state index is 0.0606. The molecular formula is C22H19BrN2O2S. The number of hydrogen-bond acceptors (Lipinski definition) is 3. The number of aryl methyl sites for hydroxylation is 1. The lowest BCUT2D eigenvalue weighted by Gasteiger charge is -2.39. The summed E-state index contributed by atoms with van der Waals surface area (Å²) in [7, 11) is 1.77. The zero-order valence-electron chi connectivity index (χ0n) is 15.5. The van der Waals surface area contributed by atoms with Crippen molar-refractivity contribution in [3.63, 3.8) is 0 Å². The van der Waals surface area contributed by atoms with Crippen LogP contribution in [0.4, 0.5) is 5.69 Å². The summed E-state index contributed by atoms with van der Waals surface area (Å²) in [6, 6.07) is 16.8. The molecule has 1 aliphatic rings. The number of likely N-dealkylation sites (N-methyl/N-ethyl adjacent to an activating group) is 1. The molecule has 3 aromatic rings. The van der Waals surface area contributed by atoms with Crippen LogP contribution in [0.5, 0.6) is 0 Å². The summed E-state index contributed by atoms with van der Waals surface area (Å²) in [4.78, 5) is 29.1. The molecule has 1 aromatic heterocycles.